The van der Waals surface area contributed by atoms with E-state index in [9.17, 15) is 0 Å². The summed E-state index contributed by atoms with van der Waals surface area (Å²) in [5, 5.41) is 7.31. The highest BCUT2D eigenvalue weighted by atomic mass is 16.5. The van der Waals surface area contributed by atoms with Crippen LogP contribution in [-0.4, -0.2) is 18.8 Å². The van der Waals surface area contributed by atoms with Crippen molar-refractivity contribution in [3.63, 3.8) is 0 Å². The van der Waals surface area contributed by atoms with E-state index in [-0.39, 0.29) is 0 Å². The first-order chi connectivity index (χ1) is 12.1. The molecule has 0 radical (unpaired) electrons. The minimum Gasteiger partial charge on any atom is -0.497 e. The van der Waals surface area contributed by atoms with Crippen LogP contribution in [0.1, 0.15) is 51.5 Å². The minimum absolute atomic E-state index is 0.410. The molecule has 2 aliphatic rings. The van der Waals surface area contributed by atoms with Crippen LogP contribution < -0.4 is 21.1 Å². The van der Waals surface area contributed by atoms with Gasteiger partial charge in [0.2, 0.25) is 0 Å². The van der Waals surface area contributed by atoms with Crippen LogP contribution in [-0.2, 0) is 0 Å². The highest BCUT2D eigenvalue weighted by Crippen LogP contribution is 2.38. The van der Waals surface area contributed by atoms with Crippen LogP contribution in [0.4, 0.5) is 0 Å². The molecule has 0 bridgehead atoms. The Bertz CT molecular complexity index is 644. The van der Waals surface area contributed by atoms with E-state index in [4.69, 9.17) is 10.5 Å². The van der Waals surface area contributed by atoms with Crippen molar-refractivity contribution in [3.05, 3.63) is 47.7 Å². The van der Waals surface area contributed by atoms with Crippen LogP contribution >= 0.6 is 0 Å². The molecule has 0 saturated heterocycles. The molecule has 1 aliphatic heterocycles. The molecule has 1 aromatic rings. The molecule has 2 atom stereocenters. The van der Waals surface area contributed by atoms with Gasteiger partial charge in [-0.05, 0) is 68.2 Å². The van der Waals surface area contributed by atoms with E-state index in [0.29, 0.717) is 12.0 Å². The van der Waals surface area contributed by atoms with Crippen LogP contribution in [0.3, 0.4) is 0 Å². The maximum absolute atomic E-state index is 6.99. The van der Waals surface area contributed by atoms with Gasteiger partial charge < -0.3 is 21.1 Å². The van der Waals surface area contributed by atoms with Gasteiger partial charge in [0.05, 0.1) is 12.8 Å². The summed E-state index contributed by atoms with van der Waals surface area (Å²) in [4.78, 5) is 0. The van der Waals surface area contributed by atoms with Gasteiger partial charge in [-0.25, -0.2) is 0 Å². The minimum atomic E-state index is -0.524. The summed E-state index contributed by atoms with van der Waals surface area (Å²) < 4.78 is 5.27. The maximum Gasteiger partial charge on any atom is 0.130 e. The largest absolute Gasteiger partial charge is 0.497 e. The van der Waals surface area contributed by atoms with Crippen molar-refractivity contribution in [2.24, 2.45) is 11.7 Å². The van der Waals surface area contributed by atoms with Gasteiger partial charge >= 0.3 is 0 Å². The molecule has 4 heteroatoms. The van der Waals surface area contributed by atoms with Crippen LogP contribution in [0.25, 0.3) is 5.70 Å². The monoisotopic (exact) mass is 341 g/mol. The number of hydrogen-bond donors (Lipinski definition) is 3. The molecule has 1 aliphatic carbocycles. The van der Waals surface area contributed by atoms with E-state index in [1.54, 1.807) is 7.11 Å². The molecule has 0 amide bonds. The third kappa shape index (κ3) is 3.69. The second kappa shape index (κ2) is 7.52. The fourth-order valence-corrected chi connectivity index (χ4v) is 3.81. The number of benzene rings is 1. The van der Waals surface area contributed by atoms with Gasteiger partial charge in [0.25, 0.3) is 0 Å². The van der Waals surface area contributed by atoms with Crippen molar-refractivity contribution in [1.29, 1.82) is 0 Å². The van der Waals surface area contributed by atoms with Crippen LogP contribution in [0.5, 0.6) is 5.75 Å². The standard InChI is InChI=1S/C21H31N3O/c1-4-15(2)23-20-14-13-19(16-9-11-18(25-3)12-10-16)24-21(20,22)17-7-5-6-8-17/h9-15,17,23-24H,4-8,22H2,1-3H3. The zero-order valence-corrected chi connectivity index (χ0v) is 15.6. The summed E-state index contributed by atoms with van der Waals surface area (Å²) >= 11 is 0. The highest BCUT2D eigenvalue weighted by molar-refractivity contribution is 5.69. The van der Waals surface area contributed by atoms with Crippen LogP contribution in [0.15, 0.2) is 42.1 Å². The first-order valence-corrected chi connectivity index (χ1v) is 9.47. The molecule has 2 unspecified atom stereocenters. The molecule has 1 aromatic carbocycles. The summed E-state index contributed by atoms with van der Waals surface area (Å²) in [7, 11) is 1.69. The molecule has 1 heterocycles. The second-order valence-corrected chi connectivity index (χ2v) is 7.32. The van der Waals surface area contributed by atoms with Crippen molar-refractivity contribution in [2.75, 3.05) is 7.11 Å². The lowest BCUT2D eigenvalue weighted by atomic mass is 9.85. The summed E-state index contributed by atoms with van der Waals surface area (Å²) in [5.41, 5.74) is 9.79. The lowest BCUT2D eigenvalue weighted by Crippen LogP contribution is -2.63. The molecule has 1 saturated carbocycles. The first-order valence-electron chi connectivity index (χ1n) is 9.47. The van der Waals surface area contributed by atoms with Crippen molar-refractivity contribution in [1.82, 2.24) is 10.6 Å². The highest BCUT2D eigenvalue weighted by Gasteiger charge is 2.42. The Labute approximate surface area is 151 Å². The second-order valence-electron chi connectivity index (χ2n) is 7.32. The van der Waals surface area contributed by atoms with E-state index in [0.717, 1.165) is 29.1 Å². The number of hydrogen-bond acceptors (Lipinski definition) is 4. The zero-order valence-electron chi connectivity index (χ0n) is 15.6. The van der Waals surface area contributed by atoms with Gasteiger partial charge in [0, 0.05) is 17.7 Å². The Kier molecular flexibility index (Phi) is 5.38. The van der Waals surface area contributed by atoms with Crippen molar-refractivity contribution in [2.45, 2.75) is 57.7 Å². The maximum atomic E-state index is 6.99. The number of methoxy groups -OCH3 is 1. The molecule has 0 aromatic heterocycles. The van der Waals surface area contributed by atoms with E-state index >= 15 is 0 Å². The van der Waals surface area contributed by atoms with Gasteiger partial charge in [-0.3, -0.25) is 0 Å². The predicted octanol–water partition coefficient (Wildman–Crippen LogP) is 3.76. The van der Waals surface area contributed by atoms with Gasteiger partial charge in [-0.2, -0.15) is 0 Å². The average Bonchev–Trinajstić information content (AvgIpc) is 3.19. The smallest absolute Gasteiger partial charge is 0.130 e. The SMILES string of the molecule is CCC(C)NC1=CC=C(c2ccc(OC)cc2)NC1(N)C1CCCC1. The third-order valence-electron chi connectivity index (χ3n) is 5.62. The Morgan fingerprint density at radius 2 is 1.92 bits per heavy atom. The van der Waals surface area contributed by atoms with Crippen LogP contribution in [0, 0.1) is 5.92 Å². The quantitative estimate of drug-likeness (QED) is 0.737. The summed E-state index contributed by atoms with van der Waals surface area (Å²) in [6.45, 7) is 4.40. The van der Waals surface area contributed by atoms with Crippen molar-refractivity contribution < 1.29 is 4.74 Å². The van der Waals surface area contributed by atoms with Gasteiger partial charge in [0.15, 0.2) is 0 Å². The van der Waals surface area contributed by atoms with Gasteiger partial charge in [-0.15, -0.1) is 0 Å². The summed E-state index contributed by atoms with van der Waals surface area (Å²) in [6.07, 6.45) is 10.3. The summed E-state index contributed by atoms with van der Waals surface area (Å²) in [6, 6.07) is 8.54. The fraction of sp³-hybridized carbons (Fsp3) is 0.524. The molecule has 0 spiro atoms. The topological polar surface area (TPSA) is 59.3 Å². The number of dihydropyridines is 1. The molecule has 136 valence electrons. The molecule has 4 nitrogen and oxygen atoms in total. The van der Waals surface area contributed by atoms with Crippen LogP contribution in [0.2, 0.25) is 0 Å². The van der Waals surface area contributed by atoms with Crippen molar-refractivity contribution in [3.8, 4) is 5.75 Å². The van der Waals surface area contributed by atoms with E-state index in [2.05, 4.69) is 48.8 Å². The van der Waals surface area contributed by atoms with E-state index in [1.165, 1.54) is 25.7 Å². The van der Waals surface area contributed by atoms with Crippen molar-refractivity contribution >= 4 is 5.70 Å². The molecule has 4 N–H and O–H groups in total. The average molecular weight is 341 g/mol. The van der Waals surface area contributed by atoms with E-state index < -0.39 is 5.66 Å². The first kappa shape index (κ1) is 17.9. The number of nitrogens with two attached hydrogens (primary N) is 1. The zero-order chi connectivity index (χ0) is 17.9. The Hall–Kier alpha value is -1.94. The molecular formula is C21H31N3O. The Balaban J connectivity index is 1.90. The molecule has 3 rings (SSSR count). The normalized spacial score (nSPS) is 25.0. The Morgan fingerprint density at radius 3 is 2.52 bits per heavy atom. The fourth-order valence-electron chi connectivity index (χ4n) is 3.81. The molecular weight excluding hydrogens is 310 g/mol. The number of rotatable bonds is 6. The predicted molar refractivity (Wildman–Crippen MR) is 104 cm³/mol. The Morgan fingerprint density at radius 1 is 1.24 bits per heavy atom. The summed E-state index contributed by atoms with van der Waals surface area (Å²) in [5.74, 6) is 1.32. The van der Waals surface area contributed by atoms with E-state index in [1.807, 2.05) is 12.1 Å². The number of allylic oxidation sites excluding steroid dienone is 2. The van der Waals surface area contributed by atoms with Gasteiger partial charge in [-0.1, -0.05) is 19.8 Å². The molecule has 1 fully saturated rings. The molecule has 25 heavy (non-hydrogen) atoms. The number of nitrogens with one attached hydrogen (secondary N) is 2. The van der Waals surface area contributed by atoms with Gasteiger partial charge in [0.1, 0.15) is 11.4 Å². The lowest BCUT2D eigenvalue weighted by Gasteiger charge is -2.43. The number of ether oxygens (including phenoxy) is 1. The lowest BCUT2D eigenvalue weighted by molar-refractivity contribution is 0.271. The third-order valence-corrected chi connectivity index (χ3v) is 5.62.